The molecule has 1 aromatic carbocycles. The molecule has 6 nitrogen and oxygen atoms in total. The van der Waals surface area contributed by atoms with E-state index in [4.69, 9.17) is 0 Å². The van der Waals surface area contributed by atoms with E-state index in [-0.39, 0.29) is 24.2 Å². The smallest absolute Gasteiger partial charge is 0.238 e. The van der Waals surface area contributed by atoms with E-state index >= 15 is 0 Å². The lowest BCUT2D eigenvalue weighted by molar-refractivity contribution is -0.118. The lowest BCUT2D eigenvalue weighted by Crippen LogP contribution is -2.49. The van der Waals surface area contributed by atoms with Gasteiger partial charge in [0, 0.05) is 43.5 Å². The summed E-state index contributed by atoms with van der Waals surface area (Å²) in [5.74, 6) is 0.209. The topological polar surface area (TPSA) is 62.2 Å². The van der Waals surface area contributed by atoms with Gasteiger partial charge in [0.15, 0.2) is 0 Å². The molecule has 3 rings (SSSR count). The van der Waals surface area contributed by atoms with Crippen LogP contribution in [-0.2, 0) is 11.8 Å². The predicted octanol–water partition coefficient (Wildman–Crippen LogP) is 1.91. The Morgan fingerprint density at radius 1 is 1.54 bits per heavy atom. The number of aryl methyl sites for hydroxylation is 1. The van der Waals surface area contributed by atoms with Crippen LogP contribution < -0.4 is 10.6 Å². The van der Waals surface area contributed by atoms with Gasteiger partial charge in [-0.25, -0.2) is 9.37 Å². The Balaban J connectivity index is 1.69. The number of rotatable bonds is 4. The Labute approximate surface area is 148 Å². The summed E-state index contributed by atoms with van der Waals surface area (Å²) in [4.78, 5) is 18.8. The molecule has 1 aliphatic rings. The largest absolute Gasteiger partial charge is 0.337 e. The highest BCUT2D eigenvalue weighted by Gasteiger charge is 2.28. The van der Waals surface area contributed by atoms with Gasteiger partial charge in [-0.05, 0) is 18.2 Å². The van der Waals surface area contributed by atoms with Gasteiger partial charge in [0.25, 0.3) is 0 Å². The average Bonchev–Trinajstić information content (AvgIpc) is 2.97. The number of carbonyl (C=O) groups is 1. The number of hydrogen-bond donors (Lipinski definition) is 2. The number of anilines is 1. The van der Waals surface area contributed by atoms with E-state index in [2.05, 4.69) is 36.4 Å². The highest BCUT2D eigenvalue weighted by atomic mass is 79.9. The van der Waals surface area contributed by atoms with Crippen LogP contribution in [-0.4, -0.2) is 46.5 Å². The number of nitrogens with one attached hydrogen (secondary N) is 2. The fourth-order valence-electron chi connectivity index (χ4n) is 2.85. The second-order valence-corrected chi connectivity index (χ2v) is 6.67. The minimum atomic E-state index is -0.460. The van der Waals surface area contributed by atoms with E-state index in [1.807, 2.05) is 17.8 Å². The van der Waals surface area contributed by atoms with Crippen molar-refractivity contribution in [3.63, 3.8) is 0 Å². The molecule has 2 heterocycles. The number of carbonyl (C=O) groups excluding carboxylic acids is 1. The number of piperazine rings is 1. The number of aromatic nitrogens is 2. The van der Waals surface area contributed by atoms with Crippen molar-refractivity contribution in [2.75, 3.05) is 31.5 Å². The summed E-state index contributed by atoms with van der Waals surface area (Å²) < 4.78 is 16.5. The van der Waals surface area contributed by atoms with Crippen LogP contribution in [0.4, 0.5) is 10.1 Å². The van der Waals surface area contributed by atoms with Gasteiger partial charge in [-0.2, -0.15) is 0 Å². The maximum atomic E-state index is 13.9. The van der Waals surface area contributed by atoms with Crippen molar-refractivity contribution in [2.24, 2.45) is 7.05 Å². The first-order chi connectivity index (χ1) is 11.5. The van der Waals surface area contributed by atoms with Gasteiger partial charge in [-0.15, -0.1) is 0 Å². The molecule has 2 N–H and O–H groups in total. The van der Waals surface area contributed by atoms with E-state index < -0.39 is 5.82 Å². The van der Waals surface area contributed by atoms with Gasteiger partial charge in [-0.1, -0.05) is 15.9 Å². The normalized spacial score (nSPS) is 18.5. The first-order valence-electron chi connectivity index (χ1n) is 7.71. The molecule has 1 saturated heterocycles. The fourth-order valence-corrected chi connectivity index (χ4v) is 3.19. The van der Waals surface area contributed by atoms with Crippen LogP contribution in [0.2, 0.25) is 0 Å². The maximum Gasteiger partial charge on any atom is 0.238 e. The lowest BCUT2D eigenvalue weighted by Gasteiger charge is -2.35. The van der Waals surface area contributed by atoms with Crippen LogP contribution in [0.15, 0.2) is 35.1 Å². The zero-order valence-electron chi connectivity index (χ0n) is 13.3. The number of benzene rings is 1. The van der Waals surface area contributed by atoms with Crippen molar-refractivity contribution in [3.8, 4) is 0 Å². The Morgan fingerprint density at radius 3 is 3.08 bits per heavy atom. The van der Waals surface area contributed by atoms with Gasteiger partial charge in [0.1, 0.15) is 11.6 Å². The number of hydrogen-bond acceptors (Lipinski definition) is 4. The van der Waals surface area contributed by atoms with E-state index in [1.165, 1.54) is 6.07 Å². The average molecular weight is 396 g/mol. The van der Waals surface area contributed by atoms with E-state index in [9.17, 15) is 9.18 Å². The van der Waals surface area contributed by atoms with Crippen LogP contribution >= 0.6 is 15.9 Å². The number of halogens is 2. The maximum absolute atomic E-state index is 13.9. The molecule has 0 radical (unpaired) electrons. The van der Waals surface area contributed by atoms with Gasteiger partial charge in [0.05, 0.1) is 18.3 Å². The third-order valence-electron chi connectivity index (χ3n) is 4.06. The van der Waals surface area contributed by atoms with Crippen LogP contribution in [0.3, 0.4) is 0 Å². The SMILES string of the molecule is Cn1ccnc1C1CNCCN1CC(=O)Nc1ccc(Br)cc1F. The molecule has 0 bridgehead atoms. The number of amides is 1. The van der Waals surface area contributed by atoms with E-state index in [0.29, 0.717) is 4.47 Å². The second-order valence-electron chi connectivity index (χ2n) is 5.76. The molecule has 1 atom stereocenters. The van der Waals surface area contributed by atoms with Crippen molar-refractivity contribution in [2.45, 2.75) is 6.04 Å². The molecule has 0 spiro atoms. The van der Waals surface area contributed by atoms with Crippen molar-refractivity contribution < 1.29 is 9.18 Å². The molecule has 1 amide bonds. The van der Waals surface area contributed by atoms with Crippen LogP contribution in [0.25, 0.3) is 0 Å². The van der Waals surface area contributed by atoms with Gasteiger partial charge in [0.2, 0.25) is 5.91 Å². The van der Waals surface area contributed by atoms with Crippen molar-refractivity contribution in [1.82, 2.24) is 19.8 Å². The third-order valence-corrected chi connectivity index (χ3v) is 4.56. The van der Waals surface area contributed by atoms with Crippen LogP contribution in [0.1, 0.15) is 11.9 Å². The molecule has 24 heavy (non-hydrogen) atoms. The summed E-state index contributed by atoms with van der Waals surface area (Å²) in [6.07, 6.45) is 3.64. The van der Waals surface area contributed by atoms with E-state index in [1.54, 1.807) is 18.3 Å². The summed E-state index contributed by atoms with van der Waals surface area (Å²) in [6.45, 7) is 2.45. The molecule has 1 aliphatic heterocycles. The summed E-state index contributed by atoms with van der Waals surface area (Å²) in [5, 5.41) is 5.97. The zero-order valence-corrected chi connectivity index (χ0v) is 14.9. The predicted molar refractivity (Wildman–Crippen MR) is 93.1 cm³/mol. The number of nitrogens with zero attached hydrogens (tertiary/aromatic N) is 3. The zero-order chi connectivity index (χ0) is 17.1. The van der Waals surface area contributed by atoms with Gasteiger partial charge in [-0.3, -0.25) is 9.69 Å². The van der Waals surface area contributed by atoms with Crippen molar-refractivity contribution in [1.29, 1.82) is 0 Å². The standard InChI is InChI=1S/C16H19BrFN5O/c1-22-6-5-20-16(22)14-9-19-4-7-23(14)10-15(24)21-13-3-2-11(17)8-12(13)18/h2-3,5-6,8,14,19H,4,7,9-10H2,1H3,(H,21,24). The van der Waals surface area contributed by atoms with Gasteiger partial charge >= 0.3 is 0 Å². The second kappa shape index (κ2) is 7.42. The first-order valence-corrected chi connectivity index (χ1v) is 8.51. The number of imidazole rings is 1. The summed E-state index contributed by atoms with van der Waals surface area (Å²) >= 11 is 3.20. The molecule has 1 fully saturated rings. The molecular weight excluding hydrogens is 377 g/mol. The van der Waals surface area contributed by atoms with Crippen LogP contribution in [0.5, 0.6) is 0 Å². The Kier molecular flexibility index (Phi) is 5.27. The molecule has 0 aliphatic carbocycles. The first kappa shape index (κ1) is 17.1. The van der Waals surface area contributed by atoms with E-state index in [0.717, 1.165) is 25.5 Å². The quantitative estimate of drug-likeness (QED) is 0.829. The molecule has 1 aromatic heterocycles. The highest BCUT2D eigenvalue weighted by Crippen LogP contribution is 2.22. The van der Waals surface area contributed by atoms with Crippen molar-refractivity contribution in [3.05, 3.63) is 46.7 Å². The fraction of sp³-hybridized carbons (Fsp3) is 0.375. The Bertz CT molecular complexity index is 735. The minimum absolute atomic E-state index is 0.0132. The monoisotopic (exact) mass is 395 g/mol. The summed E-state index contributed by atoms with van der Waals surface area (Å²) in [7, 11) is 1.94. The molecule has 128 valence electrons. The minimum Gasteiger partial charge on any atom is -0.337 e. The summed E-state index contributed by atoms with van der Waals surface area (Å²) in [6, 6.07) is 4.59. The molecule has 2 aromatic rings. The van der Waals surface area contributed by atoms with Gasteiger partial charge < -0.3 is 15.2 Å². The summed E-state index contributed by atoms with van der Waals surface area (Å²) in [5.41, 5.74) is 0.187. The van der Waals surface area contributed by atoms with Crippen molar-refractivity contribution >= 4 is 27.5 Å². The molecule has 8 heteroatoms. The Morgan fingerprint density at radius 2 is 2.38 bits per heavy atom. The molecular formula is C16H19BrFN5O. The lowest BCUT2D eigenvalue weighted by atomic mass is 10.1. The molecule has 1 unspecified atom stereocenters. The molecule has 0 saturated carbocycles. The highest BCUT2D eigenvalue weighted by molar-refractivity contribution is 9.10. The third kappa shape index (κ3) is 3.82. The Hall–Kier alpha value is -1.77. The van der Waals surface area contributed by atoms with Crippen LogP contribution in [0, 0.1) is 5.82 Å².